The number of rotatable bonds is 4. The van der Waals surface area contributed by atoms with Crippen molar-refractivity contribution in [3.8, 4) is 5.75 Å². The van der Waals surface area contributed by atoms with Crippen molar-refractivity contribution in [2.45, 2.75) is 16.4 Å². The van der Waals surface area contributed by atoms with E-state index < -0.39 is 0 Å². The zero-order valence-corrected chi connectivity index (χ0v) is 14.6. The average molecular weight is 347 g/mol. The second-order valence-electron chi connectivity index (χ2n) is 5.75. The molecule has 0 aliphatic heterocycles. The lowest BCUT2D eigenvalue weighted by molar-refractivity contribution is 0.282. The van der Waals surface area contributed by atoms with Gasteiger partial charge in [0, 0.05) is 26.6 Å². The van der Waals surface area contributed by atoms with E-state index in [2.05, 4.69) is 12.1 Å². The van der Waals surface area contributed by atoms with Crippen molar-refractivity contribution in [2.75, 3.05) is 7.11 Å². The van der Waals surface area contributed by atoms with E-state index in [0.717, 1.165) is 38.0 Å². The van der Waals surface area contributed by atoms with Crippen molar-refractivity contribution in [1.29, 1.82) is 0 Å². The quantitative estimate of drug-likeness (QED) is 0.525. The zero-order valence-electron chi connectivity index (χ0n) is 13.8. The van der Waals surface area contributed by atoms with Crippen LogP contribution in [0.25, 0.3) is 21.8 Å². The number of aromatic nitrogens is 1. The van der Waals surface area contributed by atoms with Crippen LogP contribution in [0.3, 0.4) is 0 Å². The number of ether oxygens (including phenoxy) is 1. The van der Waals surface area contributed by atoms with Gasteiger partial charge >= 0.3 is 0 Å². The van der Waals surface area contributed by atoms with Crippen LogP contribution in [0.15, 0.2) is 76.5 Å². The van der Waals surface area contributed by atoms with Gasteiger partial charge in [0.15, 0.2) is 0 Å². The summed E-state index contributed by atoms with van der Waals surface area (Å²) in [5.74, 6) is 0.804. The molecule has 0 bridgehead atoms. The van der Waals surface area contributed by atoms with Gasteiger partial charge in [0.05, 0.1) is 24.8 Å². The number of para-hydroxylation sites is 1. The Balaban J connectivity index is 1.91. The SMILES string of the molecule is COc1ccc2c(Sc3ccc(CO)cc3)c3ccccc3nc2c1. The molecule has 1 heterocycles. The fourth-order valence-electron chi connectivity index (χ4n) is 2.85. The van der Waals surface area contributed by atoms with E-state index in [1.165, 1.54) is 4.90 Å². The standard InChI is InChI=1S/C21H17NO2S/c1-24-15-8-11-18-20(12-15)22-19-5-3-2-4-17(19)21(18)25-16-9-6-14(13-23)7-10-16/h2-12,23H,13H2,1H3. The first-order valence-corrected chi connectivity index (χ1v) is 8.84. The number of aliphatic hydroxyl groups excluding tert-OH is 1. The molecule has 0 aliphatic rings. The first-order valence-electron chi connectivity index (χ1n) is 8.02. The van der Waals surface area contributed by atoms with Gasteiger partial charge in [-0.1, -0.05) is 42.1 Å². The second kappa shape index (κ2) is 6.75. The summed E-state index contributed by atoms with van der Waals surface area (Å²) in [6.07, 6.45) is 0. The van der Waals surface area contributed by atoms with Crippen molar-refractivity contribution in [3.05, 3.63) is 72.3 Å². The van der Waals surface area contributed by atoms with Crippen molar-refractivity contribution in [2.24, 2.45) is 0 Å². The fourth-order valence-corrected chi connectivity index (χ4v) is 3.92. The number of nitrogens with zero attached hydrogens (tertiary/aromatic N) is 1. The van der Waals surface area contributed by atoms with E-state index in [-0.39, 0.29) is 6.61 Å². The summed E-state index contributed by atoms with van der Waals surface area (Å²) < 4.78 is 5.35. The van der Waals surface area contributed by atoms with Crippen molar-refractivity contribution in [3.63, 3.8) is 0 Å². The van der Waals surface area contributed by atoms with Gasteiger partial charge < -0.3 is 9.84 Å². The third-order valence-corrected chi connectivity index (χ3v) is 5.32. The van der Waals surface area contributed by atoms with Gasteiger partial charge in [-0.15, -0.1) is 0 Å². The molecule has 4 aromatic rings. The van der Waals surface area contributed by atoms with Crippen LogP contribution in [0, 0.1) is 0 Å². The Labute approximate surface area is 150 Å². The molecule has 0 aliphatic carbocycles. The first kappa shape index (κ1) is 15.9. The van der Waals surface area contributed by atoms with Gasteiger partial charge in [-0.3, -0.25) is 0 Å². The Hall–Kier alpha value is -2.56. The Kier molecular flexibility index (Phi) is 4.30. The van der Waals surface area contributed by atoms with Gasteiger partial charge in [-0.25, -0.2) is 4.98 Å². The molecule has 0 radical (unpaired) electrons. The molecule has 124 valence electrons. The van der Waals surface area contributed by atoms with Crippen LogP contribution in [-0.2, 0) is 6.61 Å². The summed E-state index contributed by atoms with van der Waals surface area (Å²) >= 11 is 1.72. The highest BCUT2D eigenvalue weighted by Crippen LogP contribution is 2.39. The van der Waals surface area contributed by atoms with E-state index >= 15 is 0 Å². The molecule has 0 atom stereocenters. The van der Waals surface area contributed by atoms with Crippen LogP contribution in [0.5, 0.6) is 5.75 Å². The fraction of sp³-hybridized carbons (Fsp3) is 0.0952. The number of fused-ring (bicyclic) bond motifs is 2. The Morgan fingerprint density at radius 2 is 1.68 bits per heavy atom. The largest absolute Gasteiger partial charge is 0.497 e. The normalized spacial score (nSPS) is 11.1. The summed E-state index contributed by atoms with van der Waals surface area (Å²) in [5.41, 5.74) is 2.81. The van der Waals surface area contributed by atoms with E-state index in [1.807, 2.05) is 54.6 Å². The molecule has 0 saturated carbocycles. The number of aliphatic hydroxyl groups is 1. The molecule has 0 amide bonds. The lowest BCUT2D eigenvalue weighted by Gasteiger charge is -2.12. The molecule has 25 heavy (non-hydrogen) atoms. The number of benzene rings is 3. The molecule has 1 aromatic heterocycles. The van der Waals surface area contributed by atoms with E-state index in [0.29, 0.717) is 0 Å². The average Bonchev–Trinajstić information content (AvgIpc) is 2.67. The summed E-state index contributed by atoms with van der Waals surface area (Å²) in [6, 6.07) is 22.2. The topological polar surface area (TPSA) is 42.4 Å². The monoisotopic (exact) mass is 347 g/mol. The predicted octanol–water partition coefficient (Wildman–Crippen LogP) is 5.04. The number of hydrogen-bond donors (Lipinski definition) is 1. The van der Waals surface area contributed by atoms with Crippen molar-refractivity contribution in [1.82, 2.24) is 4.98 Å². The molecule has 0 unspecified atom stereocenters. The van der Waals surface area contributed by atoms with Crippen LogP contribution in [0.1, 0.15) is 5.56 Å². The summed E-state index contributed by atoms with van der Waals surface area (Å²) in [7, 11) is 1.67. The highest BCUT2D eigenvalue weighted by atomic mass is 32.2. The van der Waals surface area contributed by atoms with Crippen LogP contribution < -0.4 is 4.74 Å². The maximum atomic E-state index is 9.22. The number of pyridine rings is 1. The number of methoxy groups -OCH3 is 1. The van der Waals surface area contributed by atoms with E-state index in [4.69, 9.17) is 9.72 Å². The number of hydrogen-bond acceptors (Lipinski definition) is 4. The van der Waals surface area contributed by atoms with Crippen LogP contribution in [-0.4, -0.2) is 17.2 Å². The molecule has 3 aromatic carbocycles. The smallest absolute Gasteiger partial charge is 0.121 e. The Morgan fingerprint density at radius 3 is 2.44 bits per heavy atom. The van der Waals surface area contributed by atoms with Crippen LogP contribution in [0.4, 0.5) is 0 Å². The van der Waals surface area contributed by atoms with Gasteiger partial charge in [0.25, 0.3) is 0 Å². The molecule has 1 N–H and O–H groups in total. The maximum absolute atomic E-state index is 9.22. The van der Waals surface area contributed by atoms with Crippen LogP contribution >= 0.6 is 11.8 Å². The highest BCUT2D eigenvalue weighted by molar-refractivity contribution is 7.99. The second-order valence-corrected chi connectivity index (χ2v) is 6.83. The summed E-state index contributed by atoms with van der Waals surface area (Å²) in [5, 5.41) is 11.5. The minimum absolute atomic E-state index is 0.0614. The summed E-state index contributed by atoms with van der Waals surface area (Å²) in [6.45, 7) is 0.0614. The molecule has 4 rings (SSSR count). The van der Waals surface area contributed by atoms with Gasteiger partial charge in [0.1, 0.15) is 5.75 Å². The van der Waals surface area contributed by atoms with Crippen LogP contribution in [0.2, 0.25) is 0 Å². The zero-order chi connectivity index (χ0) is 17.2. The highest BCUT2D eigenvalue weighted by Gasteiger charge is 2.11. The van der Waals surface area contributed by atoms with Gasteiger partial charge in [-0.2, -0.15) is 0 Å². The lowest BCUT2D eigenvalue weighted by atomic mass is 10.1. The van der Waals surface area contributed by atoms with Crippen molar-refractivity contribution < 1.29 is 9.84 Å². The molecular weight excluding hydrogens is 330 g/mol. The maximum Gasteiger partial charge on any atom is 0.121 e. The summed E-state index contributed by atoms with van der Waals surface area (Å²) in [4.78, 5) is 7.10. The molecule has 0 saturated heterocycles. The molecule has 0 fully saturated rings. The predicted molar refractivity (Wildman–Crippen MR) is 102 cm³/mol. The van der Waals surface area contributed by atoms with E-state index in [1.54, 1.807) is 18.9 Å². The molecule has 0 spiro atoms. The van der Waals surface area contributed by atoms with Gasteiger partial charge in [-0.05, 0) is 35.9 Å². The molecular formula is C21H17NO2S. The van der Waals surface area contributed by atoms with Crippen molar-refractivity contribution >= 4 is 33.6 Å². The third-order valence-electron chi connectivity index (χ3n) is 4.16. The Bertz CT molecular complexity index is 1040. The Morgan fingerprint density at radius 1 is 0.920 bits per heavy atom. The van der Waals surface area contributed by atoms with E-state index in [9.17, 15) is 5.11 Å². The lowest BCUT2D eigenvalue weighted by Crippen LogP contribution is -1.89. The molecule has 4 heteroatoms. The minimum Gasteiger partial charge on any atom is -0.497 e. The molecule has 3 nitrogen and oxygen atoms in total. The third kappa shape index (κ3) is 3.06. The minimum atomic E-state index is 0.0614. The van der Waals surface area contributed by atoms with Gasteiger partial charge in [0.2, 0.25) is 0 Å². The first-order chi connectivity index (χ1) is 12.3.